The molecule has 0 fully saturated rings. The van der Waals surface area contributed by atoms with Gasteiger partial charge in [0, 0.05) is 6.54 Å². The number of benzene rings is 1. The number of hydrogen-bond donors (Lipinski definition) is 0. The lowest BCUT2D eigenvalue weighted by atomic mass is 10.1. The van der Waals surface area contributed by atoms with Crippen molar-refractivity contribution in [3.8, 4) is 0 Å². The van der Waals surface area contributed by atoms with Gasteiger partial charge in [-0.2, -0.15) is 0 Å². The van der Waals surface area contributed by atoms with Crippen LogP contribution in [0.2, 0.25) is 0 Å². The molecule has 0 aromatic heterocycles. The van der Waals surface area contributed by atoms with Gasteiger partial charge in [-0.05, 0) is 42.5 Å². The predicted molar refractivity (Wildman–Crippen MR) is 69.3 cm³/mol. The van der Waals surface area contributed by atoms with Crippen molar-refractivity contribution in [1.29, 1.82) is 0 Å². The van der Waals surface area contributed by atoms with E-state index in [2.05, 4.69) is 13.8 Å². The number of aryl methyl sites for hydroxylation is 2. The largest absolute Gasteiger partial charge is 0.320 e. The van der Waals surface area contributed by atoms with Crippen LogP contribution in [-0.4, -0.2) is 11.9 Å². The summed E-state index contributed by atoms with van der Waals surface area (Å²) in [6, 6.07) is 5.98. The summed E-state index contributed by atoms with van der Waals surface area (Å²) in [5.74, 6) is 0.390. The van der Waals surface area contributed by atoms with Gasteiger partial charge in [-0.25, -0.2) is 0 Å². The minimum atomic E-state index is -0.411. The Kier molecular flexibility index (Phi) is 4.36. The lowest BCUT2D eigenvalue weighted by Gasteiger charge is -2.25. The zero-order chi connectivity index (χ0) is 12.3. The fourth-order valence-electron chi connectivity index (χ4n) is 1.85. The Hall–Kier alpha value is -1.02. The topological polar surface area (TPSA) is 20.3 Å². The summed E-state index contributed by atoms with van der Waals surface area (Å²) in [7, 11) is 0. The molecule has 0 spiro atoms. The second-order valence-electron chi connectivity index (χ2n) is 4.50. The Bertz CT molecular complexity index is 367. The maximum absolute atomic E-state index is 11.5. The maximum Gasteiger partial charge on any atom is 0.320 e. The molecular formula is C13H18ClNO. The zero-order valence-corrected chi connectivity index (χ0v) is 11.0. The summed E-state index contributed by atoms with van der Waals surface area (Å²) in [5, 5.41) is -0.411. The molecule has 0 aliphatic carbocycles. The van der Waals surface area contributed by atoms with Crippen LogP contribution in [0.5, 0.6) is 0 Å². The highest BCUT2D eigenvalue weighted by Gasteiger charge is 2.18. The molecule has 0 saturated carbocycles. The van der Waals surface area contributed by atoms with E-state index in [1.807, 2.05) is 32.0 Å². The summed E-state index contributed by atoms with van der Waals surface area (Å²) >= 11 is 5.65. The van der Waals surface area contributed by atoms with Crippen LogP contribution in [0.15, 0.2) is 18.2 Å². The predicted octanol–water partition coefficient (Wildman–Crippen LogP) is 4.12. The number of nitrogens with zero attached hydrogens (tertiary/aromatic N) is 1. The van der Waals surface area contributed by atoms with Crippen LogP contribution in [0.25, 0.3) is 0 Å². The average Bonchev–Trinajstić information content (AvgIpc) is 2.15. The monoisotopic (exact) mass is 239 g/mol. The summed E-state index contributed by atoms with van der Waals surface area (Å²) < 4.78 is 0. The van der Waals surface area contributed by atoms with E-state index in [0.717, 1.165) is 16.8 Å². The minimum absolute atomic E-state index is 0.390. The van der Waals surface area contributed by atoms with Gasteiger partial charge in [-0.1, -0.05) is 32.0 Å². The number of anilines is 1. The van der Waals surface area contributed by atoms with Crippen molar-refractivity contribution in [3.05, 3.63) is 29.3 Å². The smallest absolute Gasteiger partial charge is 0.298 e. The molecule has 1 aromatic carbocycles. The van der Waals surface area contributed by atoms with Gasteiger partial charge in [0.25, 0.3) is 0 Å². The van der Waals surface area contributed by atoms with Crippen LogP contribution in [0.4, 0.5) is 10.5 Å². The molecule has 0 aliphatic rings. The van der Waals surface area contributed by atoms with Gasteiger partial charge < -0.3 is 0 Å². The van der Waals surface area contributed by atoms with Crippen molar-refractivity contribution < 1.29 is 4.79 Å². The Balaban J connectivity index is 3.15. The van der Waals surface area contributed by atoms with E-state index in [0.29, 0.717) is 12.5 Å². The third kappa shape index (κ3) is 2.99. The Morgan fingerprint density at radius 1 is 1.31 bits per heavy atom. The van der Waals surface area contributed by atoms with E-state index in [-0.39, 0.29) is 0 Å². The van der Waals surface area contributed by atoms with Gasteiger partial charge in [0.15, 0.2) is 0 Å². The molecule has 0 bridgehead atoms. The molecule has 2 nitrogen and oxygen atoms in total. The molecule has 1 rings (SSSR count). The zero-order valence-electron chi connectivity index (χ0n) is 10.2. The molecule has 88 valence electrons. The molecular weight excluding hydrogens is 222 g/mol. The maximum atomic E-state index is 11.5. The summed E-state index contributed by atoms with van der Waals surface area (Å²) in [6.07, 6.45) is 0. The SMILES string of the molecule is Cc1cccc(C)c1N(CC(C)C)C(=O)Cl. The fraction of sp³-hybridized carbons (Fsp3) is 0.462. The second-order valence-corrected chi connectivity index (χ2v) is 4.82. The lowest BCUT2D eigenvalue weighted by molar-refractivity contribution is 0.263. The number of para-hydroxylation sites is 1. The minimum Gasteiger partial charge on any atom is -0.298 e. The molecule has 0 heterocycles. The van der Waals surface area contributed by atoms with E-state index >= 15 is 0 Å². The Morgan fingerprint density at radius 3 is 2.19 bits per heavy atom. The Labute approximate surface area is 102 Å². The number of halogens is 1. The van der Waals surface area contributed by atoms with Gasteiger partial charge in [0.2, 0.25) is 0 Å². The normalized spacial score (nSPS) is 10.6. The molecule has 3 heteroatoms. The number of hydrogen-bond acceptors (Lipinski definition) is 1. The molecule has 0 N–H and O–H groups in total. The van der Waals surface area contributed by atoms with Crippen molar-refractivity contribution in [3.63, 3.8) is 0 Å². The van der Waals surface area contributed by atoms with Gasteiger partial charge in [-0.15, -0.1) is 0 Å². The molecule has 16 heavy (non-hydrogen) atoms. The van der Waals surface area contributed by atoms with Gasteiger partial charge >= 0.3 is 5.37 Å². The first-order chi connectivity index (χ1) is 7.43. The van der Waals surface area contributed by atoms with Crippen molar-refractivity contribution in [2.75, 3.05) is 11.4 Å². The average molecular weight is 240 g/mol. The van der Waals surface area contributed by atoms with Crippen molar-refractivity contribution >= 4 is 22.7 Å². The summed E-state index contributed by atoms with van der Waals surface area (Å²) in [5.41, 5.74) is 3.10. The fourth-order valence-corrected chi connectivity index (χ4v) is 2.00. The van der Waals surface area contributed by atoms with Gasteiger partial charge in [0.05, 0.1) is 5.69 Å². The molecule has 0 unspecified atom stereocenters. The van der Waals surface area contributed by atoms with Crippen LogP contribution in [-0.2, 0) is 0 Å². The third-order valence-corrected chi connectivity index (χ3v) is 2.67. The van der Waals surface area contributed by atoms with Crippen LogP contribution in [0, 0.1) is 19.8 Å². The van der Waals surface area contributed by atoms with E-state index in [1.165, 1.54) is 0 Å². The summed E-state index contributed by atoms with van der Waals surface area (Å²) in [4.78, 5) is 13.1. The first kappa shape index (κ1) is 13.0. The number of amides is 1. The number of rotatable bonds is 3. The highest BCUT2D eigenvalue weighted by atomic mass is 35.5. The standard InChI is InChI=1S/C13H18ClNO/c1-9(2)8-15(13(14)16)12-10(3)6-5-7-11(12)4/h5-7,9H,8H2,1-4H3. The lowest BCUT2D eigenvalue weighted by Crippen LogP contribution is -2.31. The van der Waals surface area contributed by atoms with Crippen LogP contribution in [0.1, 0.15) is 25.0 Å². The van der Waals surface area contributed by atoms with E-state index in [4.69, 9.17) is 11.6 Å². The number of carbonyl (C=O) groups is 1. The van der Waals surface area contributed by atoms with Crippen molar-refractivity contribution in [2.45, 2.75) is 27.7 Å². The summed E-state index contributed by atoms with van der Waals surface area (Å²) in [6.45, 7) is 8.78. The quantitative estimate of drug-likeness (QED) is 0.574. The van der Waals surface area contributed by atoms with E-state index in [9.17, 15) is 4.79 Å². The number of carbonyl (C=O) groups excluding carboxylic acids is 1. The van der Waals surface area contributed by atoms with Gasteiger partial charge in [-0.3, -0.25) is 9.69 Å². The first-order valence-electron chi connectivity index (χ1n) is 5.46. The highest BCUT2D eigenvalue weighted by Crippen LogP contribution is 2.26. The van der Waals surface area contributed by atoms with E-state index in [1.54, 1.807) is 4.90 Å². The van der Waals surface area contributed by atoms with Crippen LogP contribution < -0.4 is 4.90 Å². The third-order valence-electron chi connectivity index (χ3n) is 2.47. The van der Waals surface area contributed by atoms with Crippen LogP contribution in [0.3, 0.4) is 0 Å². The molecule has 0 radical (unpaired) electrons. The molecule has 0 aliphatic heterocycles. The molecule has 1 aromatic rings. The van der Waals surface area contributed by atoms with Gasteiger partial charge in [0.1, 0.15) is 0 Å². The van der Waals surface area contributed by atoms with Crippen LogP contribution >= 0.6 is 11.6 Å². The van der Waals surface area contributed by atoms with E-state index < -0.39 is 5.37 Å². The van der Waals surface area contributed by atoms with Crippen molar-refractivity contribution in [1.82, 2.24) is 0 Å². The first-order valence-corrected chi connectivity index (χ1v) is 5.84. The second kappa shape index (κ2) is 5.35. The Morgan fingerprint density at radius 2 is 1.81 bits per heavy atom. The van der Waals surface area contributed by atoms with Crippen molar-refractivity contribution in [2.24, 2.45) is 5.92 Å². The molecule has 0 atom stereocenters. The molecule has 1 amide bonds. The highest BCUT2D eigenvalue weighted by molar-refractivity contribution is 6.66. The molecule has 0 saturated heterocycles.